The number of likely N-dealkylation sites (N-methyl/N-ethyl adjacent to an activating group) is 1. The number of H-pyrrole nitrogens is 1. The zero-order valence-corrected chi connectivity index (χ0v) is 17.3. The van der Waals surface area contributed by atoms with Crippen LogP contribution >= 0.6 is 11.3 Å². The van der Waals surface area contributed by atoms with Crippen molar-refractivity contribution < 1.29 is 4.79 Å². The SMILES string of the molecule is CCC1C(=O)N(C)c2cnc(-c3cn[nH]c3-c3cscn3)nc2N1C1CCCC1. The first-order valence-corrected chi connectivity index (χ1v) is 11.0. The van der Waals surface area contributed by atoms with Crippen LogP contribution in [0.4, 0.5) is 11.5 Å². The maximum atomic E-state index is 13.0. The highest BCUT2D eigenvalue weighted by atomic mass is 32.1. The number of amides is 1. The molecule has 1 aliphatic carbocycles. The number of nitrogens with zero attached hydrogens (tertiary/aromatic N) is 6. The van der Waals surface area contributed by atoms with Crippen LogP contribution in [0.15, 0.2) is 23.3 Å². The number of nitrogens with one attached hydrogen (secondary N) is 1. The largest absolute Gasteiger partial charge is 0.340 e. The number of hydrogen-bond acceptors (Lipinski definition) is 7. The minimum absolute atomic E-state index is 0.120. The molecule has 3 aromatic rings. The van der Waals surface area contributed by atoms with E-state index in [4.69, 9.17) is 4.98 Å². The fraction of sp³-hybridized carbons (Fsp3) is 0.450. The van der Waals surface area contributed by atoms with Gasteiger partial charge < -0.3 is 9.80 Å². The molecule has 5 rings (SSSR count). The molecule has 1 atom stereocenters. The maximum absolute atomic E-state index is 13.0. The Morgan fingerprint density at radius 3 is 2.79 bits per heavy atom. The quantitative estimate of drug-likeness (QED) is 0.709. The monoisotopic (exact) mass is 409 g/mol. The summed E-state index contributed by atoms with van der Waals surface area (Å²) in [5, 5.41) is 9.20. The van der Waals surface area contributed by atoms with E-state index in [1.807, 2.05) is 12.4 Å². The number of anilines is 2. The second kappa shape index (κ2) is 7.22. The van der Waals surface area contributed by atoms with E-state index in [-0.39, 0.29) is 11.9 Å². The lowest BCUT2D eigenvalue weighted by Gasteiger charge is -2.43. The van der Waals surface area contributed by atoms with E-state index >= 15 is 0 Å². The molecule has 2 aliphatic rings. The number of thiazole rings is 1. The molecule has 150 valence electrons. The zero-order chi connectivity index (χ0) is 20.0. The topological polar surface area (TPSA) is 90.9 Å². The molecule has 1 amide bonds. The van der Waals surface area contributed by atoms with Gasteiger partial charge in [-0.25, -0.2) is 15.0 Å². The molecule has 29 heavy (non-hydrogen) atoms. The molecule has 1 aliphatic heterocycles. The standard InChI is InChI=1S/C20H23N7OS/c1-3-15-20(28)26(2)16-9-21-18(24-19(16)27(15)12-6-4-5-7-12)13-8-23-25-17(13)14-10-29-11-22-14/h8-12,15H,3-7H2,1-2H3,(H,23,25). The lowest BCUT2D eigenvalue weighted by atomic mass is 10.0. The van der Waals surface area contributed by atoms with Crippen LogP contribution in [-0.4, -0.2) is 50.2 Å². The number of aromatic nitrogens is 5. The van der Waals surface area contributed by atoms with Gasteiger partial charge in [0, 0.05) is 18.5 Å². The first kappa shape index (κ1) is 18.2. The summed E-state index contributed by atoms with van der Waals surface area (Å²) in [4.78, 5) is 30.9. The van der Waals surface area contributed by atoms with Crippen molar-refractivity contribution in [1.29, 1.82) is 0 Å². The smallest absolute Gasteiger partial charge is 0.249 e. The van der Waals surface area contributed by atoms with Crippen molar-refractivity contribution in [2.45, 2.75) is 51.1 Å². The number of fused-ring (bicyclic) bond motifs is 1. The van der Waals surface area contributed by atoms with Crippen LogP contribution in [-0.2, 0) is 4.79 Å². The summed E-state index contributed by atoms with van der Waals surface area (Å²) in [6, 6.07) is 0.169. The van der Waals surface area contributed by atoms with Gasteiger partial charge >= 0.3 is 0 Å². The lowest BCUT2D eigenvalue weighted by molar-refractivity contribution is -0.120. The Hall–Kier alpha value is -2.81. The zero-order valence-electron chi connectivity index (χ0n) is 16.5. The Balaban J connectivity index is 1.64. The Morgan fingerprint density at radius 1 is 1.24 bits per heavy atom. The van der Waals surface area contributed by atoms with Crippen LogP contribution < -0.4 is 9.80 Å². The van der Waals surface area contributed by atoms with Crippen LogP contribution in [0.1, 0.15) is 39.0 Å². The molecule has 9 heteroatoms. The molecular weight excluding hydrogens is 386 g/mol. The summed E-state index contributed by atoms with van der Waals surface area (Å²) in [5.74, 6) is 1.57. The third-order valence-electron chi connectivity index (χ3n) is 5.98. The van der Waals surface area contributed by atoms with E-state index in [9.17, 15) is 4.79 Å². The van der Waals surface area contributed by atoms with Crippen LogP contribution in [0, 0.1) is 0 Å². The molecule has 1 fully saturated rings. The molecule has 0 aromatic carbocycles. The average Bonchev–Trinajstić information content (AvgIpc) is 3.51. The number of carbonyl (C=O) groups is 1. The van der Waals surface area contributed by atoms with Crippen LogP contribution in [0.25, 0.3) is 22.8 Å². The minimum Gasteiger partial charge on any atom is -0.340 e. The highest BCUT2D eigenvalue weighted by Crippen LogP contribution is 2.40. The van der Waals surface area contributed by atoms with Crippen molar-refractivity contribution in [1.82, 2.24) is 25.1 Å². The normalized spacial score (nSPS) is 19.8. The summed E-state index contributed by atoms with van der Waals surface area (Å²) < 4.78 is 0. The second-order valence-corrected chi connectivity index (χ2v) is 8.32. The molecular formula is C20H23N7OS. The number of rotatable bonds is 4. The highest BCUT2D eigenvalue weighted by molar-refractivity contribution is 7.07. The fourth-order valence-corrected chi connectivity index (χ4v) is 5.04. The third-order valence-corrected chi connectivity index (χ3v) is 6.57. The summed E-state index contributed by atoms with van der Waals surface area (Å²) in [6.07, 6.45) is 8.86. The molecule has 8 nitrogen and oxygen atoms in total. The van der Waals surface area contributed by atoms with E-state index in [0.29, 0.717) is 11.9 Å². The van der Waals surface area contributed by atoms with Gasteiger partial charge in [-0.1, -0.05) is 19.8 Å². The molecule has 1 unspecified atom stereocenters. The molecule has 0 spiro atoms. The average molecular weight is 410 g/mol. The van der Waals surface area contributed by atoms with Crippen LogP contribution in [0.5, 0.6) is 0 Å². The Labute approximate surface area is 173 Å². The predicted molar refractivity (Wildman–Crippen MR) is 113 cm³/mol. The third kappa shape index (κ3) is 2.91. The van der Waals surface area contributed by atoms with E-state index in [1.54, 1.807) is 22.8 Å². The first-order valence-electron chi connectivity index (χ1n) is 10.0. The summed E-state index contributed by atoms with van der Waals surface area (Å²) >= 11 is 1.53. The lowest BCUT2D eigenvalue weighted by Crippen LogP contribution is -2.55. The van der Waals surface area contributed by atoms with Gasteiger partial charge in [-0.15, -0.1) is 11.3 Å². The molecule has 1 N–H and O–H groups in total. The van der Waals surface area contributed by atoms with Gasteiger partial charge in [0.05, 0.1) is 34.9 Å². The molecule has 0 radical (unpaired) electrons. The Morgan fingerprint density at radius 2 is 2.07 bits per heavy atom. The van der Waals surface area contributed by atoms with Crippen molar-refractivity contribution in [3.05, 3.63) is 23.3 Å². The van der Waals surface area contributed by atoms with Gasteiger partial charge in [0.15, 0.2) is 11.6 Å². The molecule has 4 heterocycles. The minimum atomic E-state index is -0.180. The Bertz CT molecular complexity index is 1030. The fourth-order valence-electron chi connectivity index (χ4n) is 4.50. The van der Waals surface area contributed by atoms with Gasteiger partial charge in [0.25, 0.3) is 0 Å². The van der Waals surface area contributed by atoms with Gasteiger partial charge in [-0.05, 0) is 19.3 Å². The van der Waals surface area contributed by atoms with Crippen LogP contribution in [0.3, 0.4) is 0 Å². The van der Waals surface area contributed by atoms with Crippen LogP contribution in [0.2, 0.25) is 0 Å². The van der Waals surface area contributed by atoms with Crippen molar-refractivity contribution in [3.8, 4) is 22.8 Å². The van der Waals surface area contributed by atoms with Gasteiger partial charge in [0.1, 0.15) is 11.7 Å². The maximum Gasteiger partial charge on any atom is 0.249 e. The van der Waals surface area contributed by atoms with E-state index in [0.717, 1.165) is 47.7 Å². The summed E-state index contributed by atoms with van der Waals surface area (Å²) in [5.41, 5.74) is 5.02. The van der Waals surface area contributed by atoms with Crippen molar-refractivity contribution in [2.24, 2.45) is 0 Å². The van der Waals surface area contributed by atoms with Crippen molar-refractivity contribution in [2.75, 3.05) is 16.8 Å². The van der Waals surface area contributed by atoms with Crippen molar-refractivity contribution >= 4 is 28.7 Å². The van der Waals surface area contributed by atoms with Gasteiger partial charge in [-0.3, -0.25) is 9.89 Å². The summed E-state index contributed by atoms with van der Waals surface area (Å²) in [6.45, 7) is 2.07. The first-order chi connectivity index (χ1) is 14.2. The van der Waals surface area contributed by atoms with Gasteiger partial charge in [0.2, 0.25) is 5.91 Å². The molecule has 0 saturated heterocycles. The number of aromatic amines is 1. The second-order valence-electron chi connectivity index (χ2n) is 7.60. The molecule has 0 bridgehead atoms. The van der Waals surface area contributed by atoms with Gasteiger partial charge in [-0.2, -0.15) is 5.10 Å². The predicted octanol–water partition coefficient (Wildman–Crippen LogP) is 3.49. The van der Waals surface area contributed by atoms with E-state index in [2.05, 4.69) is 32.0 Å². The number of hydrogen-bond donors (Lipinski definition) is 1. The Kier molecular flexibility index (Phi) is 4.54. The molecule has 3 aromatic heterocycles. The van der Waals surface area contributed by atoms with E-state index < -0.39 is 0 Å². The van der Waals surface area contributed by atoms with E-state index in [1.165, 1.54) is 24.2 Å². The highest BCUT2D eigenvalue weighted by Gasteiger charge is 2.41. The summed E-state index contributed by atoms with van der Waals surface area (Å²) in [7, 11) is 1.82. The number of carbonyl (C=O) groups excluding carboxylic acids is 1. The van der Waals surface area contributed by atoms with Crippen molar-refractivity contribution in [3.63, 3.8) is 0 Å². The molecule has 1 saturated carbocycles.